The van der Waals surface area contributed by atoms with Gasteiger partial charge in [0, 0.05) is 11.9 Å². The van der Waals surface area contributed by atoms with Crippen LogP contribution in [0.15, 0.2) is 36.5 Å². The van der Waals surface area contributed by atoms with Crippen molar-refractivity contribution in [3.05, 3.63) is 58.9 Å². The first-order valence-electron chi connectivity index (χ1n) is 6.13. The van der Waals surface area contributed by atoms with Crippen LogP contribution in [0.5, 0.6) is 0 Å². The number of nitrogen functional groups attached to an aromatic ring is 1. The zero-order valence-electron chi connectivity index (χ0n) is 11.1. The summed E-state index contributed by atoms with van der Waals surface area (Å²) in [4.78, 5) is 16.4. The molecule has 3 N–H and O–H groups in total. The molecule has 1 heterocycles. The highest BCUT2D eigenvalue weighted by Gasteiger charge is 2.12. The molecular weight excluding hydrogens is 238 g/mol. The van der Waals surface area contributed by atoms with Gasteiger partial charge in [-0.05, 0) is 37.1 Å². The quantitative estimate of drug-likeness (QED) is 0.826. The maximum absolute atomic E-state index is 12.2. The molecule has 0 aliphatic heterocycles. The van der Waals surface area contributed by atoms with Gasteiger partial charge in [-0.2, -0.15) is 0 Å². The number of aryl methyl sites for hydroxylation is 2. The van der Waals surface area contributed by atoms with E-state index in [4.69, 9.17) is 5.73 Å². The molecule has 0 saturated carbocycles. The minimum Gasteiger partial charge on any atom is -0.398 e. The van der Waals surface area contributed by atoms with Crippen molar-refractivity contribution < 1.29 is 4.79 Å². The van der Waals surface area contributed by atoms with E-state index in [0.717, 1.165) is 16.8 Å². The Balaban J connectivity index is 2.13. The third-order valence-corrected chi connectivity index (χ3v) is 3.07. The summed E-state index contributed by atoms with van der Waals surface area (Å²) in [6, 6.07) is 9.28. The summed E-state index contributed by atoms with van der Waals surface area (Å²) in [6.07, 6.45) is 1.72. The van der Waals surface area contributed by atoms with Gasteiger partial charge in [0.2, 0.25) is 0 Å². The minimum absolute atomic E-state index is 0.166. The van der Waals surface area contributed by atoms with Crippen LogP contribution in [-0.2, 0) is 6.54 Å². The Labute approximate surface area is 112 Å². The Morgan fingerprint density at radius 1 is 1.21 bits per heavy atom. The molecule has 0 aliphatic carbocycles. The molecule has 19 heavy (non-hydrogen) atoms. The molecule has 98 valence electrons. The molecule has 0 bridgehead atoms. The van der Waals surface area contributed by atoms with Crippen molar-refractivity contribution in [2.24, 2.45) is 0 Å². The average Bonchev–Trinajstić information content (AvgIpc) is 2.37. The normalized spacial score (nSPS) is 10.2. The van der Waals surface area contributed by atoms with Crippen LogP contribution in [0.3, 0.4) is 0 Å². The van der Waals surface area contributed by atoms with E-state index in [9.17, 15) is 4.79 Å². The fraction of sp³-hybridized carbons (Fsp3) is 0.200. The van der Waals surface area contributed by atoms with Crippen LogP contribution < -0.4 is 11.1 Å². The summed E-state index contributed by atoms with van der Waals surface area (Å²) in [6.45, 7) is 4.24. The average molecular weight is 255 g/mol. The van der Waals surface area contributed by atoms with Crippen LogP contribution in [0.25, 0.3) is 0 Å². The molecule has 0 saturated heterocycles. The molecule has 0 fully saturated rings. The topological polar surface area (TPSA) is 68.0 Å². The Hall–Kier alpha value is -2.36. The van der Waals surface area contributed by atoms with Crippen molar-refractivity contribution in [2.75, 3.05) is 5.73 Å². The van der Waals surface area contributed by atoms with Crippen LogP contribution in [0.2, 0.25) is 0 Å². The molecule has 1 aromatic heterocycles. The molecule has 0 radical (unpaired) electrons. The van der Waals surface area contributed by atoms with Crippen LogP contribution in [0.1, 0.15) is 27.2 Å². The number of nitrogens with two attached hydrogens (primary N) is 1. The summed E-state index contributed by atoms with van der Waals surface area (Å²) in [5.74, 6) is -0.166. The fourth-order valence-electron chi connectivity index (χ4n) is 1.96. The largest absolute Gasteiger partial charge is 0.398 e. The molecule has 2 aromatic rings. The number of anilines is 1. The Kier molecular flexibility index (Phi) is 3.80. The highest BCUT2D eigenvalue weighted by Crippen LogP contribution is 2.16. The number of benzene rings is 1. The molecule has 1 aromatic carbocycles. The van der Waals surface area contributed by atoms with Crippen molar-refractivity contribution in [2.45, 2.75) is 20.4 Å². The maximum Gasteiger partial charge on any atom is 0.253 e. The number of pyridine rings is 1. The van der Waals surface area contributed by atoms with Crippen LogP contribution in [-0.4, -0.2) is 10.9 Å². The van der Waals surface area contributed by atoms with Gasteiger partial charge in [-0.3, -0.25) is 9.78 Å². The van der Waals surface area contributed by atoms with Gasteiger partial charge in [-0.25, -0.2) is 0 Å². The zero-order valence-corrected chi connectivity index (χ0v) is 11.1. The predicted molar refractivity (Wildman–Crippen MR) is 75.7 cm³/mol. The van der Waals surface area contributed by atoms with Gasteiger partial charge in [-0.1, -0.05) is 18.2 Å². The third-order valence-electron chi connectivity index (χ3n) is 3.07. The van der Waals surface area contributed by atoms with Gasteiger partial charge < -0.3 is 11.1 Å². The molecule has 4 nitrogen and oxygen atoms in total. The Morgan fingerprint density at radius 3 is 2.63 bits per heavy atom. The van der Waals surface area contributed by atoms with Crippen molar-refractivity contribution in [1.29, 1.82) is 0 Å². The van der Waals surface area contributed by atoms with Crippen LogP contribution >= 0.6 is 0 Å². The smallest absolute Gasteiger partial charge is 0.253 e. The molecule has 0 unspecified atom stereocenters. The summed E-state index contributed by atoms with van der Waals surface area (Å²) < 4.78 is 0. The SMILES string of the molecule is Cc1cccnc1CNC(=O)c1c(C)cccc1N. The highest BCUT2D eigenvalue weighted by atomic mass is 16.1. The number of nitrogens with zero attached hydrogens (tertiary/aromatic N) is 1. The van der Waals surface area contributed by atoms with E-state index in [1.54, 1.807) is 12.3 Å². The Morgan fingerprint density at radius 2 is 1.95 bits per heavy atom. The van der Waals surface area contributed by atoms with E-state index in [-0.39, 0.29) is 5.91 Å². The van der Waals surface area contributed by atoms with Crippen LogP contribution in [0, 0.1) is 13.8 Å². The first kappa shape index (κ1) is 13.1. The van der Waals surface area contributed by atoms with Crippen molar-refractivity contribution in [3.63, 3.8) is 0 Å². The lowest BCUT2D eigenvalue weighted by Gasteiger charge is -2.10. The van der Waals surface area contributed by atoms with Gasteiger partial charge in [-0.15, -0.1) is 0 Å². The highest BCUT2D eigenvalue weighted by molar-refractivity contribution is 6.00. The molecule has 0 atom stereocenters. The number of hydrogen-bond acceptors (Lipinski definition) is 3. The first-order chi connectivity index (χ1) is 9.09. The summed E-state index contributed by atoms with van der Waals surface area (Å²) in [5, 5.41) is 2.86. The molecule has 0 aliphatic rings. The second kappa shape index (κ2) is 5.52. The number of amides is 1. The standard InChI is InChI=1S/C15H17N3O/c1-10-6-4-8-17-13(10)9-18-15(19)14-11(2)5-3-7-12(14)16/h3-8H,9,16H2,1-2H3,(H,18,19). The van der Waals surface area contributed by atoms with Gasteiger partial charge in [0.05, 0.1) is 17.8 Å². The summed E-state index contributed by atoms with van der Waals surface area (Å²) in [5.41, 5.74) is 9.67. The summed E-state index contributed by atoms with van der Waals surface area (Å²) in [7, 11) is 0. The van der Waals surface area contributed by atoms with E-state index in [1.165, 1.54) is 0 Å². The van der Waals surface area contributed by atoms with E-state index in [2.05, 4.69) is 10.3 Å². The van der Waals surface area contributed by atoms with Crippen LogP contribution in [0.4, 0.5) is 5.69 Å². The minimum atomic E-state index is -0.166. The lowest BCUT2D eigenvalue weighted by Crippen LogP contribution is -2.25. The van der Waals surface area contributed by atoms with Crippen molar-refractivity contribution in [3.8, 4) is 0 Å². The van der Waals surface area contributed by atoms with Gasteiger partial charge in [0.1, 0.15) is 0 Å². The number of hydrogen-bond donors (Lipinski definition) is 2. The summed E-state index contributed by atoms with van der Waals surface area (Å²) >= 11 is 0. The maximum atomic E-state index is 12.2. The van der Waals surface area contributed by atoms with Gasteiger partial charge in [0.15, 0.2) is 0 Å². The van der Waals surface area contributed by atoms with Gasteiger partial charge in [0.25, 0.3) is 5.91 Å². The van der Waals surface area contributed by atoms with Crippen molar-refractivity contribution >= 4 is 11.6 Å². The number of carbonyl (C=O) groups is 1. The zero-order chi connectivity index (χ0) is 13.8. The molecular formula is C15H17N3O. The monoisotopic (exact) mass is 255 g/mol. The second-order valence-corrected chi connectivity index (χ2v) is 4.49. The van der Waals surface area contributed by atoms with E-state index in [0.29, 0.717) is 17.8 Å². The molecule has 1 amide bonds. The van der Waals surface area contributed by atoms with E-state index < -0.39 is 0 Å². The lowest BCUT2D eigenvalue weighted by molar-refractivity contribution is 0.0950. The molecule has 0 spiro atoms. The van der Waals surface area contributed by atoms with E-state index in [1.807, 2.05) is 38.1 Å². The number of carbonyl (C=O) groups excluding carboxylic acids is 1. The fourth-order valence-corrected chi connectivity index (χ4v) is 1.96. The predicted octanol–water partition coefficient (Wildman–Crippen LogP) is 2.21. The third kappa shape index (κ3) is 2.91. The molecule has 2 rings (SSSR count). The number of rotatable bonds is 3. The lowest BCUT2D eigenvalue weighted by atomic mass is 10.1. The Bertz CT molecular complexity index is 588. The van der Waals surface area contributed by atoms with Crippen molar-refractivity contribution in [1.82, 2.24) is 10.3 Å². The second-order valence-electron chi connectivity index (χ2n) is 4.49. The van der Waals surface area contributed by atoms with E-state index >= 15 is 0 Å². The molecule has 4 heteroatoms. The van der Waals surface area contributed by atoms with Gasteiger partial charge >= 0.3 is 0 Å². The first-order valence-corrected chi connectivity index (χ1v) is 6.13. The number of aromatic nitrogens is 1. The number of nitrogens with one attached hydrogen (secondary N) is 1.